The molecule has 7 heteroatoms. The zero-order chi connectivity index (χ0) is 18.2. The fourth-order valence-corrected chi connectivity index (χ4v) is 3.64. The van der Waals surface area contributed by atoms with Gasteiger partial charge >= 0.3 is 0 Å². The molecule has 0 amide bonds. The topological polar surface area (TPSA) is 82.0 Å². The summed E-state index contributed by atoms with van der Waals surface area (Å²) in [6, 6.07) is 4.23. The van der Waals surface area contributed by atoms with E-state index >= 15 is 0 Å². The van der Waals surface area contributed by atoms with E-state index in [1.165, 1.54) is 12.8 Å². The lowest BCUT2D eigenvalue weighted by Crippen LogP contribution is -2.44. The normalized spacial score (nSPS) is 23.5. The number of guanidine groups is 1. The second kappa shape index (κ2) is 9.19. The highest BCUT2D eigenvalue weighted by molar-refractivity contribution is 5.79. The summed E-state index contributed by atoms with van der Waals surface area (Å²) in [5.41, 5.74) is 1.14. The van der Waals surface area contributed by atoms with E-state index in [-0.39, 0.29) is 12.0 Å². The van der Waals surface area contributed by atoms with Crippen LogP contribution in [0.2, 0.25) is 0 Å². The van der Waals surface area contributed by atoms with Gasteiger partial charge in [-0.25, -0.2) is 4.98 Å². The first-order valence-corrected chi connectivity index (χ1v) is 9.58. The van der Waals surface area contributed by atoms with Gasteiger partial charge in [-0.15, -0.1) is 0 Å². The van der Waals surface area contributed by atoms with Crippen molar-refractivity contribution < 1.29 is 9.84 Å². The van der Waals surface area contributed by atoms with Crippen molar-refractivity contribution in [2.24, 2.45) is 10.4 Å². The predicted octanol–water partition coefficient (Wildman–Crippen LogP) is 1.14. The molecule has 1 aromatic rings. The Labute approximate surface area is 155 Å². The van der Waals surface area contributed by atoms with Crippen molar-refractivity contribution in [1.82, 2.24) is 15.6 Å². The molecule has 0 radical (unpaired) electrons. The molecule has 26 heavy (non-hydrogen) atoms. The number of nitrogens with zero attached hydrogens (tertiary/aromatic N) is 3. The molecule has 3 rings (SSSR count). The highest BCUT2D eigenvalue weighted by Gasteiger charge is 2.34. The zero-order valence-electron chi connectivity index (χ0n) is 15.7. The van der Waals surface area contributed by atoms with Crippen LogP contribution in [0.15, 0.2) is 23.3 Å². The van der Waals surface area contributed by atoms with Gasteiger partial charge in [-0.05, 0) is 37.3 Å². The first-order chi connectivity index (χ1) is 12.7. The van der Waals surface area contributed by atoms with E-state index in [0.29, 0.717) is 13.2 Å². The Kier molecular flexibility index (Phi) is 6.68. The van der Waals surface area contributed by atoms with Gasteiger partial charge in [-0.1, -0.05) is 6.07 Å². The zero-order valence-corrected chi connectivity index (χ0v) is 15.7. The number of pyridine rings is 1. The van der Waals surface area contributed by atoms with E-state index in [4.69, 9.17) is 4.74 Å². The Hall–Kier alpha value is -1.86. The van der Waals surface area contributed by atoms with Gasteiger partial charge in [-0.2, -0.15) is 0 Å². The number of hydrogen-bond donors (Lipinski definition) is 3. The van der Waals surface area contributed by atoms with Crippen LogP contribution in [0, 0.1) is 5.41 Å². The maximum absolute atomic E-state index is 9.33. The number of ether oxygens (including phenoxy) is 1. The molecular weight excluding hydrogens is 330 g/mol. The van der Waals surface area contributed by atoms with Gasteiger partial charge in [0.25, 0.3) is 0 Å². The molecule has 2 aliphatic rings. The van der Waals surface area contributed by atoms with Gasteiger partial charge in [-0.3, -0.25) is 4.99 Å². The molecule has 0 spiro atoms. The van der Waals surface area contributed by atoms with Crippen molar-refractivity contribution in [1.29, 1.82) is 0 Å². The number of aliphatic hydroxyl groups excluding tert-OH is 1. The smallest absolute Gasteiger partial charge is 0.191 e. The molecule has 1 aromatic heterocycles. The van der Waals surface area contributed by atoms with Gasteiger partial charge in [0.1, 0.15) is 5.82 Å². The standard InChI is InChI=1S/C19H31N5O2/c1-20-18(23-14-19(6-10-25)7-11-26-15-19)22-13-16-4-5-17(21-12-16)24-8-2-3-9-24/h4-5,12,25H,2-3,6-11,13-15H2,1H3,(H2,20,22,23). The van der Waals surface area contributed by atoms with Gasteiger partial charge in [0.05, 0.1) is 6.61 Å². The lowest BCUT2D eigenvalue weighted by molar-refractivity contribution is 0.127. The minimum Gasteiger partial charge on any atom is -0.396 e. The van der Waals surface area contributed by atoms with Crippen molar-refractivity contribution in [3.8, 4) is 0 Å². The molecule has 2 aliphatic heterocycles. The Morgan fingerprint density at radius 1 is 1.35 bits per heavy atom. The number of aromatic nitrogens is 1. The fraction of sp³-hybridized carbons (Fsp3) is 0.684. The average molecular weight is 361 g/mol. The van der Waals surface area contributed by atoms with Crippen LogP contribution in [-0.2, 0) is 11.3 Å². The molecule has 144 valence electrons. The fourth-order valence-electron chi connectivity index (χ4n) is 3.64. The summed E-state index contributed by atoms with van der Waals surface area (Å²) in [5.74, 6) is 1.83. The second-order valence-electron chi connectivity index (χ2n) is 7.27. The third-order valence-corrected chi connectivity index (χ3v) is 5.38. The predicted molar refractivity (Wildman–Crippen MR) is 103 cm³/mol. The second-order valence-corrected chi connectivity index (χ2v) is 7.27. The summed E-state index contributed by atoms with van der Waals surface area (Å²) < 4.78 is 5.54. The van der Waals surface area contributed by atoms with Crippen LogP contribution in [0.5, 0.6) is 0 Å². The molecule has 3 heterocycles. The number of anilines is 1. The summed E-state index contributed by atoms with van der Waals surface area (Å²) in [5, 5.41) is 16.1. The largest absolute Gasteiger partial charge is 0.396 e. The SMILES string of the molecule is CN=C(NCc1ccc(N2CCCC2)nc1)NCC1(CCO)CCOC1. The highest BCUT2D eigenvalue weighted by Crippen LogP contribution is 2.31. The molecule has 0 bridgehead atoms. The third-order valence-electron chi connectivity index (χ3n) is 5.38. The molecule has 0 aromatic carbocycles. The molecule has 0 saturated carbocycles. The van der Waals surface area contributed by atoms with Crippen molar-refractivity contribution in [3.63, 3.8) is 0 Å². The van der Waals surface area contributed by atoms with E-state index in [9.17, 15) is 5.11 Å². The van der Waals surface area contributed by atoms with Crippen molar-refractivity contribution in [3.05, 3.63) is 23.9 Å². The molecule has 2 fully saturated rings. The number of rotatable bonds is 7. The number of nitrogens with one attached hydrogen (secondary N) is 2. The first kappa shape index (κ1) is 18.9. The third kappa shape index (κ3) is 4.86. The number of hydrogen-bond acceptors (Lipinski definition) is 5. The van der Waals surface area contributed by atoms with Crippen LogP contribution in [0.4, 0.5) is 5.82 Å². The minimum absolute atomic E-state index is 0.00526. The van der Waals surface area contributed by atoms with Crippen molar-refractivity contribution >= 4 is 11.8 Å². The van der Waals surface area contributed by atoms with E-state index in [0.717, 1.165) is 56.4 Å². The van der Waals surface area contributed by atoms with E-state index in [2.05, 4.69) is 37.6 Å². The van der Waals surface area contributed by atoms with Gasteiger partial charge < -0.3 is 25.4 Å². The van der Waals surface area contributed by atoms with E-state index in [1.807, 2.05) is 6.20 Å². The highest BCUT2D eigenvalue weighted by atomic mass is 16.5. The molecule has 7 nitrogen and oxygen atoms in total. The van der Waals surface area contributed by atoms with Crippen molar-refractivity contribution in [2.75, 3.05) is 51.4 Å². The number of aliphatic imine (C=N–C) groups is 1. The summed E-state index contributed by atoms with van der Waals surface area (Å²) in [7, 11) is 1.77. The van der Waals surface area contributed by atoms with Gasteiger partial charge in [0.15, 0.2) is 5.96 Å². The van der Waals surface area contributed by atoms with E-state index < -0.39 is 0 Å². The quantitative estimate of drug-likeness (QED) is 0.499. The molecular formula is C19H31N5O2. The summed E-state index contributed by atoms with van der Waals surface area (Å²) in [6.07, 6.45) is 6.18. The van der Waals surface area contributed by atoms with Crippen LogP contribution in [0.1, 0.15) is 31.2 Å². The van der Waals surface area contributed by atoms with E-state index in [1.54, 1.807) is 7.05 Å². The summed E-state index contributed by atoms with van der Waals surface area (Å²) >= 11 is 0. The van der Waals surface area contributed by atoms with Crippen LogP contribution in [0.25, 0.3) is 0 Å². The Morgan fingerprint density at radius 2 is 2.19 bits per heavy atom. The maximum Gasteiger partial charge on any atom is 0.191 e. The molecule has 1 unspecified atom stereocenters. The summed E-state index contributed by atoms with van der Waals surface area (Å²) in [6.45, 7) is 5.30. The molecule has 2 saturated heterocycles. The van der Waals surface area contributed by atoms with Crippen LogP contribution < -0.4 is 15.5 Å². The van der Waals surface area contributed by atoms with Crippen LogP contribution in [0.3, 0.4) is 0 Å². The Bertz CT molecular complexity index is 578. The van der Waals surface area contributed by atoms with Crippen LogP contribution in [-0.4, -0.2) is 62.6 Å². The Morgan fingerprint density at radius 3 is 2.81 bits per heavy atom. The monoisotopic (exact) mass is 361 g/mol. The first-order valence-electron chi connectivity index (χ1n) is 9.58. The lowest BCUT2D eigenvalue weighted by Gasteiger charge is -2.27. The lowest BCUT2D eigenvalue weighted by atomic mass is 9.84. The molecule has 1 atom stereocenters. The summed E-state index contributed by atoms with van der Waals surface area (Å²) in [4.78, 5) is 11.2. The van der Waals surface area contributed by atoms with Crippen molar-refractivity contribution in [2.45, 2.75) is 32.2 Å². The maximum atomic E-state index is 9.33. The number of aliphatic hydroxyl groups is 1. The van der Waals surface area contributed by atoms with Gasteiger partial charge in [0.2, 0.25) is 0 Å². The Balaban J connectivity index is 1.47. The molecule has 0 aliphatic carbocycles. The minimum atomic E-state index is 0.00526. The van der Waals surface area contributed by atoms with Crippen LogP contribution >= 0.6 is 0 Å². The van der Waals surface area contributed by atoms with Gasteiger partial charge in [0, 0.05) is 58.1 Å². The average Bonchev–Trinajstić information content (AvgIpc) is 3.35. The molecule has 3 N–H and O–H groups in total.